The number of hydrogen-bond donors (Lipinski definition) is 3. The van der Waals surface area contributed by atoms with Crippen LogP contribution in [0.15, 0.2) is 30.9 Å². The molecule has 2 bridgehead atoms. The van der Waals surface area contributed by atoms with E-state index in [1.807, 2.05) is 17.0 Å². The summed E-state index contributed by atoms with van der Waals surface area (Å²) >= 11 is 0. The maximum Gasteiger partial charge on any atom is 0.292 e. The number of aliphatic hydroxyl groups is 1. The molecule has 4 aromatic rings. The molecule has 1 amide bonds. The van der Waals surface area contributed by atoms with Gasteiger partial charge < -0.3 is 20.7 Å². The van der Waals surface area contributed by atoms with E-state index in [-0.39, 0.29) is 41.3 Å². The second-order valence-electron chi connectivity index (χ2n) is 11.4. The Hall–Kier alpha value is -4.19. The molecule has 6 heterocycles. The van der Waals surface area contributed by atoms with Crippen LogP contribution < -0.4 is 5.73 Å². The first-order valence-corrected chi connectivity index (χ1v) is 13.9. The molecule has 0 spiro atoms. The number of carbonyl (C=O) groups is 2. The van der Waals surface area contributed by atoms with Crippen molar-refractivity contribution >= 4 is 23.2 Å². The minimum atomic E-state index is -0.866. The van der Waals surface area contributed by atoms with Crippen molar-refractivity contribution < 1.29 is 14.7 Å². The number of H-pyrrole nitrogens is 1. The molecule has 7 rings (SSSR count). The number of rotatable bonds is 5. The quantitative estimate of drug-likeness (QED) is 0.322. The SMILES string of the molecule is CC(=O)c1c([C@@H]2C[C@H]3CC[C@@H](C2)N3C(=O)c2nnc[nH]2)nc2c(-c3ccc(C4(O)CCCC4)nc3)cnn2c1N. The summed E-state index contributed by atoms with van der Waals surface area (Å²) < 4.78 is 1.52. The first-order valence-electron chi connectivity index (χ1n) is 13.9. The number of nitrogens with zero attached hydrogens (tertiary/aromatic N) is 7. The molecular weight excluding hydrogens is 510 g/mol. The van der Waals surface area contributed by atoms with E-state index in [0.717, 1.165) is 49.7 Å². The number of nitrogens with two attached hydrogens (primary N) is 1. The standard InChI is InChI=1S/C28H31N9O3/c1-15(38)22-23(17-10-18-5-6-19(11-17)36(18)27(39)25-31-14-32-35-25)34-26-20(13-33-37(26)24(22)29)16-4-7-21(30-12-16)28(40)8-2-3-9-28/h4,7,12-14,17-19,40H,2-3,5-6,8-11,29H2,1H3,(H,31,32,35)/t17-,18-,19+. The highest BCUT2D eigenvalue weighted by atomic mass is 16.3. The number of carbonyl (C=O) groups excluding carboxylic acids is 2. The molecule has 12 nitrogen and oxygen atoms in total. The molecule has 206 valence electrons. The van der Waals surface area contributed by atoms with Crippen LogP contribution in [-0.2, 0) is 5.60 Å². The van der Waals surface area contributed by atoms with E-state index in [2.05, 4.69) is 25.3 Å². The summed E-state index contributed by atoms with van der Waals surface area (Å²) in [5.74, 6) is 0.155. The van der Waals surface area contributed by atoms with Gasteiger partial charge in [-0.25, -0.2) is 4.98 Å². The number of nitrogens with one attached hydrogen (secondary N) is 1. The van der Waals surface area contributed by atoms with Gasteiger partial charge >= 0.3 is 0 Å². The topological polar surface area (TPSA) is 168 Å². The Kier molecular flexibility index (Phi) is 5.70. The van der Waals surface area contributed by atoms with Crippen molar-refractivity contribution in [3.63, 3.8) is 0 Å². The van der Waals surface area contributed by atoms with Crippen molar-refractivity contribution in [2.24, 2.45) is 0 Å². The van der Waals surface area contributed by atoms with E-state index in [0.29, 0.717) is 35.4 Å². The van der Waals surface area contributed by atoms with E-state index < -0.39 is 5.60 Å². The van der Waals surface area contributed by atoms with Crippen LogP contribution in [0.25, 0.3) is 16.8 Å². The van der Waals surface area contributed by atoms with E-state index in [1.54, 1.807) is 12.4 Å². The van der Waals surface area contributed by atoms with Gasteiger partial charge in [-0.2, -0.15) is 9.61 Å². The molecule has 3 fully saturated rings. The number of aromatic nitrogens is 7. The van der Waals surface area contributed by atoms with Crippen molar-refractivity contribution in [3.8, 4) is 11.1 Å². The Morgan fingerprint density at radius 1 is 1.12 bits per heavy atom. The second kappa shape index (κ2) is 9.19. The first kappa shape index (κ1) is 24.8. The molecule has 3 aliphatic rings. The van der Waals surface area contributed by atoms with Gasteiger partial charge in [-0.1, -0.05) is 18.9 Å². The van der Waals surface area contributed by atoms with Crippen molar-refractivity contribution in [3.05, 3.63) is 53.6 Å². The monoisotopic (exact) mass is 541 g/mol. The van der Waals surface area contributed by atoms with Gasteiger partial charge in [0.15, 0.2) is 11.4 Å². The molecular formula is C28H31N9O3. The zero-order valence-corrected chi connectivity index (χ0v) is 22.2. The maximum atomic E-state index is 13.1. The normalized spacial score (nSPS) is 23.6. The van der Waals surface area contributed by atoms with Crippen LogP contribution in [0.2, 0.25) is 0 Å². The van der Waals surface area contributed by atoms with E-state index in [1.165, 1.54) is 17.8 Å². The minimum Gasteiger partial charge on any atom is -0.384 e. The third kappa shape index (κ3) is 3.80. The van der Waals surface area contributed by atoms with E-state index in [4.69, 9.17) is 10.7 Å². The summed E-state index contributed by atoms with van der Waals surface area (Å²) in [6.45, 7) is 1.50. The van der Waals surface area contributed by atoms with Gasteiger partial charge in [0.1, 0.15) is 17.7 Å². The number of piperidine rings is 1. The number of ketones is 1. The Bertz CT molecular complexity index is 1590. The predicted molar refractivity (Wildman–Crippen MR) is 144 cm³/mol. The van der Waals surface area contributed by atoms with Crippen molar-refractivity contribution in [1.29, 1.82) is 0 Å². The molecule has 0 aromatic carbocycles. The van der Waals surface area contributed by atoms with Crippen LogP contribution in [0.5, 0.6) is 0 Å². The average Bonchev–Trinajstić information content (AvgIpc) is 3.75. The van der Waals surface area contributed by atoms with E-state index >= 15 is 0 Å². The largest absolute Gasteiger partial charge is 0.384 e. The molecule has 2 saturated heterocycles. The average molecular weight is 542 g/mol. The second-order valence-corrected chi connectivity index (χ2v) is 11.4. The number of nitrogen functional groups attached to an aromatic ring is 1. The Labute approximate surface area is 230 Å². The Morgan fingerprint density at radius 2 is 1.88 bits per heavy atom. The third-order valence-electron chi connectivity index (χ3n) is 9.02. The van der Waals surface area contributed by atoms with Crippen molar-refractivity contribution in [2.75, 3.05) is 5.73 Å². The van der Waals surface area contributed by atoms with Gasteiger partial charge in [-0.15, -0.1) is 10.2 Å². The lowest BCUT2D eigenvalue weighted by atomic mass is 9.85. The highest BCUT2D eigenvalue weighted by Crippen LogP contribution is 2.45. The lowest BCUT2D eigenvalue weighted by Gasteiger charge is -2.38. The van der Waals surface area contributed by atoms with Crippen LogP contribution >= 0.6 is 0 Å². The van der Waals surface area contributed by atoms with Gasteiger partial charge in [0, 0.05) is 35.3 Å². The third-order valence-corrected chi connectivity index (χ3v) is 9.02. The molecule has 1 aliphatic carbocycles. The number of hydrogen-bond acceptors (Lipinski definition) is 9. The van der Waals surface area contributed by atoms with Crippen LogP contribution in [0.1, 0.15) is 96.6 Å². The highest BCUT2D eigenvalue weighted by molar-refractivity contribution is 6.00. The number of anilines is 1. The zero-order valence-electron chi connectivity index (χ0n) is 22.2. The number of pyridine rings is 1. The van der Waals surface area contributed by atoms with E-state index in [9.17, 15) is 14.7 Å². The number of Topliss-reactive ketones (excluding diaryl/α,β-unsaturated/α-hetero) is 1. The fourth-order valence-corrected chi connectivity index (χ4v) is 7.10. The van der Waals surface area contributed by atoms with Gasteiger partial charge in [-0.05, 0) is 51.5 Å². The van der Waals surface area contributed by atoms with Gasteiger partial charge in [0.25, 0.3) is 5.91 Å². The van der Waals surface area contributed by atoms with Gasteiger partial charge in [0.2, 0.25) is 5.82 Å². The predicted octanol–water partition coefficient (Wildman–Crippen LogP) is 3.01. The summed E-state index contributed by atoms with van der Waals surface area (Å²) in [6.07, 6.45) is 11.4. The van der Waals surface area contributed by atoms with Crippen molar-refractivity contribution in [2.45, 2.75) is 81.9 Å². The molecule has 2 aliphatic heterocycles. The van der Waals surface area contributed by atoms with Crippen LogP contribution in [0.3, 0.4) is 0 Å². The minimum absolute atomic E-state index is 0.0166. The fraction of sp³-hybridized carbons (Fsp3) is 0.464. The van der Waals surface area contributed by atoms with Crippen molar-refractivity contribution in [1.82, 2.24) is 39.7 Å². The lowest BCUT2D eigenvalue weighted by Crippen LogP contribution is -2.46. The van der Waals surface area contributed by atoms with Gasteiger partial charge in [0.05, 0.1) is 23.1 Å². The maximum absolute atomic E-state index is 13.1. The Balaban J connectivity index is 1.25. The highest BCUT2D eigenvalue weighted by Gasteiger charge is 2.46. The lowest BCUT2D eigenvalue weighted by molar-refractivity contribution is 0.0399. The molecule has 1 saturated carbocycles. The molecule has 4 N–H and O–H groups in total. The van der Waals surface area contributed by atoms with Gasteiger partial charge in [-0.3, -0.25) is 14.6 Å². The first-order chi connectivity index (χ1) is 19.3. The smallest absolute Gasteiger partial charge is 0.292 e. The molecule has 0 radical (unpaired) electrons. The molecule has 4 aromatic heterocycles. The molecule has 3 atom stereocenters. The Morgan fingerprint density at radius 3 is 2.50 bits per heavy atom. The molecule has 12 heteroatoms. The summed E-state index contributed by atoms with van der Waals surface area (Å²) in [4.78, 5) is 40.4. The van der Waals surface area contributed by atoms with Crippen LogP contribution in [0, 0.1) is 0 Å². The molecule has 40 heavy (non-hydrogen) atoms. The van der Waals surface area contributed by atoms with Crippen LogP contribution in [-0.4, -0.2) is 68.5 Å². The van der Waals surface area contributed by atoms with Crippen LogP contribution in [0.4, 0.5) is 5.82 Å². The fourth-order valence-electron chi connectivity index (χ4n) is 7.10. The molecule has 0 unspecified atom stereocenters. The number of aromatic amines is 1. The summed E-state index contributed by atoms with van der Waals surface area (Å²) in [7, 11) is 0. The zero-order chi connectivity index (χ0) is 27.6. The number of fused-ring (bicyclic) bond motifs is 3. The number of amides is 1. The summed E-state index contributed by atoms with van der Waals surface area (Å²) in [6, 6.07) is 3.84. The summed E-state index contributed by atoms with van der Waals surface area (Å²) in [5.41, 5.74) is 9.55. The summed E-state index contributed by atoms with van der Waals surface area (Å²) in [5, 5.41) is 23.1.